The molecule has 2 heterocycles. The molecule has 2 aromatic carbocycles. The van der Waals surface area contributed by atoms with Crippen LogP contribution < -0.4 is 10.1 Å². The van der Waals surface area contributed by atoms with E-state index in [4.69, 9.17) is 9.57 Å². The summed E-state index contributed by atoms with van der Waals surface area (Å²) in [6, 6.07) is 14.1. The topological polar surface area (TPSA) is 97.3 Å². The number of anilines is 1. The number of ether oxygens (including phenoxy) is 1. The van der Waals surface area contributed by atoms with Gasteiger partial charge in [-0.3, -0.25) is 4.79 Å². The van der Waals surface area contributed by atoms with Gasteiger partial charge in [-0.05, 0) is 43.5 Å². The third kappa shape index (κ3) is 4.78. The number of benzene rings is 2. The molecule has 1 N–H and O–H groups in total. The van der Waals surface area contributed by atoms with E-state index >= 15 is 0 Å². The van der Waals surface area contributed by atoms with Gasteiger partial charge >= 0.3 is 0 Å². The van der Waals surface area contributed by atoms with Crippen LogP contribution >= 0.6 is 0 Å². The van der Waals surface area contributed by atoms with Gasteiger partial charge in [0.05, 0.1) is 17.2 Å². The van der Waals surface area contributed by atoms with Crippen LogP contribution in [-0.4, -0.2) is 44.0 Å². The van der Waals surface area contributed by atoms with E-state index in [1.807, 2.05) is 37.3 Å². The zero-order valence-electron chi connectivity index (χ0n) is 18.0. The van der Waals surface area contributed by atoms with Gasteiger partial charge in [-0.15, -0.1) is 0 Å². The minimum atomic E-state index is -3.64. The molecular formula is C23H27N3O5S. The van der Waals surface area contributed by atoms with Gasteiger partial charge in [0, 0.05) is 19.5 Å². The Hall–Kier alpha value is -2.91. The Balaban J connectivity index is 1.53. The first kappa shape index (κ1) is 22.3. The molecule has 1 saturated heterocycles. The van der Waals surface area contributed by atoms with Gasteiger partial charge in [-0.1, -0.05) is 41.9 Å². The Morgan fingerprint density at radius 2 is 1.91 bits per heavy atom. The number of carbonyl (C=O) groups excluding carboxylic acids is 1. The average molecular weight is 458 g/mol. The minimum Gasteiger partial charge on any atom is -0.492 e. The second-order valence-corrected chi connectivity index (χ2v) is 9.69. The summed E-state index contributed by atoms with van der Waals surface area (Å²) >= 11 is 0. The molecule has 1 amide bonds. The van der Waals surface area contributed by atoms with E-state index in [1.54, 1.807) is 6.07 Å². The molecule has 2 aromatic rings. The molecule has 0 radical (unpaired) electrons. The first-order chi connectivity index (χ1) is 15.5. The quantitative estimate of drug-likeness (QED) is 0.684. The van der Waals surface area contributed by atoms with E-state index < -0.39 is 15.9 Å². The summed E-state index contributed by atoms with van der Waals surface area (Å²) in [5.74, 6) is -0.0468. The molecule has 0 spiro atoms. The number of rotatable bonds is 7. The fourth-order valence-electron chi connectivity index (χ4n) is 3.86. The summed E-state index contributed by atoms with van der Waals surface area (Å²) in [6.45, 7) is 3.21. The van der Waals surface area contributed by atoms with E-state index in [1.165, 1.54) is 16.4 Å². The number of carbonyl (C=O) groups is 1. The van der Waals surface area contributed by atoms with E-state index in [-0.39, 0.29) is 16.7 Å². The van der Waals surface area contributed by atoms with Crippen LogP contribution in [0.5, 0.6) is 5.75 Å². The van der Waals surface area contributed by atoms with E-state index in [2.05, 4.69) is 10.5 Å². The van der Waals surface area contributed by atoms with Crippen molar-refractivity contribution < 1.29 is 22.8 Å². The fraction of sp³-hybridized carbons (Fsp3) is 0.391. The molecule has 2 aliphatic heterocycles. The van der Waals surface area contributed by atoms with Gasteiger partial charge in [0.15, 0.2) is 6.10 Å². The lowest BCUT2D eigenvalue weighted by Gasteiger charge is -2.26. The smallest absolute Gasteiger partial charge is 0.273 e. The summed E-state index contributed by atoms with van der Waals surface area (Å²) in [7, 11) is -3.64. The molecule has 2 aliphatic rings. The van der Waals surface area contributed by atoms with Crippen molar-refractivity contribution in [1.82, 2.24) is 4.31 Å². The van der Waals surface area contributed by atoms with Gasteiger partial charge < -0.3 is 14.9 Å². The van der Waals surface area contributed by atoms with Crippen LogP contribution in [-0.2, 0) is 19.7 Å². The lowest BCUT2D eigenvalue weighted by atomic mass is 10.0. The Labute approximate surface area is 188 Å². The van der Waals surface area contributed by atoms with Crippen LogP contribution in [0, 0.1) is 0 Å². The summed E-state index contributed by atoms with van der Waals surface area (Å²) in [5, 5.41) is 6.71. The highest BCUT2D eigenvalue weighted by Gasteiger charge is 2.30. The van der Waals surface area contributed by atoms with Crippen LogP contribution in [0.1, 0.15) is 44.3 Å². The highest BCUT2D eigenvalue weighted by atomic mass is 32.2. The molecule has 9 heteroatoms. The number of nitrogens with zero attached hydrogens (tertiary/aromatic N) is 2. The summed E-state index contributed by atoms with van der Waals surface area (Å²) in [5.41, 5.74) is 1.47. The monoisotopic (exact) mass is 457 g/mol. The maximum absolute atomic E-state index is 13.1. The molecule has 170 valence electrons. The van der Waals surface area contributed by atoms with Crippen LogP contribution in [0.15, 0.2) is 58.6 Å². The normalized spacial score (nSPS) is 19.2. The highest BCUT2D eigenvalue weighted by Crippen LogP contribution is 2.32. The predicted molar refractivity (Wildman–Crippen MR) is 121 cm³/mol. The van der Waals surface area contributed by atoms with Crippen molar-refractivity contribution >= 4 is 27.3 Å². The first-order valence-corrected chi connectivity index (χ1v) is 12.3. The SMILES string of the molecule is CCOc1ccc(S(=O)(=O)N2CCCCC2)cc1NC(=O)C1=NOC(c2ccccc2)C1. The molecule has 0 aliphatic carbocycles. The van der Waals surface area contributed by atoms with Crippen LogP contribution in [0.3, 0.4) is 0 Å². The summed E-state index contributed by atoms with van der Waals surface area (Å²) < 4.78 is 33.3. The van der Waals surface area contributed by atoms with Gasteiger partial charge in [0.2, 0.25) is 10.0 Å². The third-order valence-electron chi connectivity index (χ3n) is 5.55. The molecule has 0 saturated carbocycles. The first-order valence-electron chi connectivity index (χ1n) is 10.8. The zero-order valence-corrected chi connectivity index (χ0v) is 18.8. The Kier molecular flexibility index (Phi) is 6.76. The van der Waals surface area contributed by atoms with E-state index in [9.17, 15) is 13.2 Å². The van der Waals surface area contributed by atoms with Crippen molar-refractivity contribution in [2.24, 2.45) is 5.16 Å². The second-order valence-electron chi connectivity index (χ2n) is 7.76. The Morgan fingerprint density at radius 1 is 1.16 bits per heavy atom. The molecule has 1 fully saturated rings. The van der Waals surface area contributed by atoms with Crippen molar-refractivity contribution in [3.05, 3.63) is 54.1 Å². The molecule has 1 atom stereocenters. The summed E-state index contributed by atoms with van der Waals surface area (Å²) in [6.07, 6.45) is 2.73. The Morgan fingerprint density at radius 3 is 2.62 bits per heavy atom. The molecular weight excluding hydrogens is 430 g/mol. The van der Waals surface area contributed by atoms with Crippen LogP contribution in [0.2, 0.25) is 0 Å². The number of oxime groups is 1. The molecule has 0 bridgehead atoms. The lowest BCUT2D eigenvalue weighted by molar-refractivity contribution is -0.110. The number of hydrogen-bond acceptors (Lipinski definition) is 6. The maximum atomic E-state index is 13.1. The largest absolute Gasteiger partial charge is 0.492 e. The standard InChI is InChI=1S/C23H27N3O5S/c1-2-30-21-12-11-18(32(28,29)26-13-7-4-8-14-26)15-19(21)24-23(27)20-16-22(31-25-20)17-9-5-3-6-10-17/h3,5-6,9-12,15,22H,2,4,7-8,13-14,16H2,1H3,(H,24,27). The van der Waals surface area contributed by atoms with Crippen LogP contribution in [0.4, 0.5) is 5.69 Å². The third-order valence-corrected chi connectivity index (χ3v) is 7.45. The maximum Gasteiger partial charge on any atom is 0.273 e. The van der Waals surface area contributed by atoms with E-state index in [0.717, 1.165) is 24.8 Å². The van der Waals surface area contributed by atoms with E-state index in [0.29, 0.717) is 37.6 Å². The van der Waals surface area contributed by atoms with Crippen molar-refractivity contribution in [2.75, 3.05) is 25.0 Å². The second kappa shape index (κ2) is 9.70. The Bertz CT molecular complexity index is 1100. The van der Waals surface area contributed by atoms with Crippen molar-refractivity contribution in [2.45, 2.75) is 43.6 Å². The molecule has 4 rings (SSSR count). The summed E-state index contributed by atoms with van der Waals surface area (Å²) in [4.78, 5) is 18.4. The zero-order chi connectivity index (χ0) is 22.6. The van der Waals surface area contributed by atoms with Crippen molar-refractivity contribution in [3.63, 3.8) is 0 Å². The number of piperidine rings is 1. The number of amides is 1. The molecule has 32 heavy (non-hydrogen) atoms. The van der Waals surface area contributed by atoms with Gasteiger partial charge in [0.1, 0.15) is 11.5 Å². The number of nitrogens with one attached hydrogen (secondary N) is 1. The lowest BCUT2D eigenvalue weighted by Crippen LogP contribution is -2.35. The van der Waals surface area contributed by atoms with Gasteiger partial charge in [-0.25, -0.2) is 8.42 Å². The minimum absolute atomic E-state index is 0.130. The molecule has 0 aromatic heterocycles. The molecule has 8 nitrogen and oxygen atoms in total. The van der Waals surface area contributed by atoms with Crippen LogP contribution in [0.25, 0.3) is 0 Å². The fourth-order valence-corrected chi connectivity index (χ4v) is 5.40. The predicted octanol–water partition coefficient (Wildman–Crippen LogP) is 3.72. The average Bonchev–Trinajstić information content (AvgIpc) is 3.32. The van der Waals surface area contributed by atoms with Crippen molar-refractivity contribution in [3.8, 4) is 5.75 Å². The van der Waals surface area contributed by atoms with Gasteiger partial charge in [0.25, 0.3) is 5.91 Å². The highest BCUT2D eigenvalue weighted by molar-refractivity contribution is 7.89. The molecule has 1 unspecified atom stereocenters. The van der Waals surface area contributed by atoms with Crippen molar-refractivity contribution in [1.29, 1.82) is 0 Å². The number of hydrogen-bond donors (Lipinski definition) is 1. The van der Waals surface area contributed by atoms with Gasteiger partial charge in [-0.2, -0.15) is 4.31 Å². The number of sulfonamides is 1.